The molecule has 1 aromatic rings. The summed E-state index contributed by atoms with van der Waals surface area (Å²) in [5.41, 5.74) is 0. The molecule has 0 aromatic carbocycles. The molecule has 0 aliphatic carbocycles. The Morgan fingerprint density at radius 3 is 3.00 bits per heavy atom. The molecule has 1 saturated heterocycles. The van der Waals surface area contributed by atoms with Crippen molar-refractivity contribution in [3.05, 3.63) is 11.8 Å². The molecule has 1 aromatic heterocycles. The summed E-state index contributed by atoms with van der Waals surface area (Å²) >= 11 is 1.97. The molecule has 1 aliphatic rings. The van der Waals surface area contributed by atoms with Crippen molar-refractivity contribution in [1.29, 1.82) is 0 Å². The van der Waals surface area contributed by atoms with Crippen LogP contribution in [0.4, 0.5) is 0 Å². The Morgan fingerprint density at radius 1 is 1.47 bits per heavy atom. The van der Waals surface area contributed by atoms with Crippen LogP contribution in [-0.4, -0.2) is 28.2 Å². The predicted octanol–water partition coefficient (Wildman–Crippen LogP) is 2.74. The molecule has 0 amide bonds. The van der Waals surface area contributed by atoms with Crippen LogP contribution >= 0.6 is 11.8 Å². The lowest BCUT2D eigenvalue weighted by atomic mass is 10.1. The molecular formula is C12H21N3OS. The van der Waals surface area contributed by atoms with Crippen LogP contribution in [0.1, 0.15) is 56.9 Å². The first-order valence-electron chi connectivity index (χ1n) is 6.49. The van der Waals surface area contributed by atoms with E-state index in [9.17, 15) is 0 Å². The molecule has 1 fully saturated rings. The predicted molar refractivity (Wildman–Crippen MR) is 70.3 cm³/mol. The number of hydrogen-bond acceptors (Lipinski definition) is 5. The van der Waals surface area contributed by atoms with Crippen LogP contribution in [-0.2, 0) is 0 Å². The zero-order chi connectivity index (χ0) is 12.1. The number of aromatic nitrogens is 2. The highest BCUT2D eigenvalue weighted by molar-refractivity contribution is 7.99. The summed E-state index contributed by atoms with van der Waals surface area (Å²) in [5, 5.41) is 11.8. The molecule has 2 atom stereocenters. The van der Waals surface area contributed by atoms with Crippen LogP contribution in [0.25, 0.3) is 0 Å². The zero-order valence-electron chi connectivity index (χ0n) is 10.6. The van der Waals surface area contributed by atoms with E-state index in [0.717, 1.165) is 36.9 Å². The van der Waals surface area contributed by atoms with E-state index in [1.807, 2.05) is 11.8 Å². The zero-order valence-corrected chi connectivity index (χ0v) is 11.4. The number of rotatable bonds is 6. The second-order valence-electron chi connectivity index (χ2n) is 4.45. The van der Waals surface area contributed by atoms with Gasteiger partial charge in [0.2, 0.25) is 11.8 Å². The minimum absolute atomic E-state index is 0.213. The van der Waals surface area contributed by atoms with Gasteiger partial charge in [0.05, 0.1) is 6.04 Å². The quantitative estimate of drug-likeness (QED) is 0.847. The van der Waals surface area contributed by atoms with Gasteiger partial charge in [0.1, 0.15) is 0 Å². The van der Waals surface area contributed by atoms with Gasteiger partial charge in [-0.3, -0.25) is 0 Å². The van der Waals surface area contributed by atoms with Crippen molar-refractivity contribution in [2.75, 3.05) is 18.1 Å². The minimum Gasteiger partial charge on any atom is -0.423 e. The summed E-state index contributed by atoms with van der Waals surface area (Å²) in [4.78, 5) is 0. The van der Waals surface area contributed by atoms with Crippen molar-refractivity contribution in [2.45, 2.75) is 45.1 Å². The van der Waals surface area contributed by atoms with Crippen molar-refractivity contribution in [3.63, 3.8) is 0 Å². The topological polar surface area (TPSA) is 51.0 Å². The lowest BCUT2D eigenvalue weighted by Crippen LogP contribution is -2.21. The summed E-state index contributed by atoms with van der Waals surface area (Å²) in [5.74, 6) is 4.41. The fourth-order valence-electron chi connectivity index (χ4n) is 2.01. The van der Waals surface area contributed by atoms with Crippen molar-refractivity contribution >= 4 is 11.8 Å². The number of thioether (sulfide) groups is 1. The lowest BCUT2D eigenvalue weighted by Gasteiger charge is -2.11. The van der Waals surface area contributed by atoms with Crippen LogP contribution in [0.3, 0.4) is 0 Å². The van der Waals surface area contributed by atoms with E-state index in [0.29, 0.717) is 5.92 Å². The molecule has 0 bridgehead atoms. The van der Waals surface area contributed by atoms with E-state index < -0.39 is 0 Å². The van der Waals surface area contributed by atoms with Gasteiger partial charge in [-0.05, 0) is 31.6 Å². The van der Waals surface area contributed by atoms with Crippen LogP contribution in [0, 0.1) is 0 Å². The summed E-state index contributed by atoms with van der Waals surface area (Å²) in [6, 6.07) is 0.213. The van der Waals surface area contributed by atoms with E-state index in [2.05, 4.69) is 29.4 Å². The standard InChI is InChI=1S/C12H21N3OS/c1-3-6-13-10(4-2)12-15-14-11(16-12)9-5-7-17-8-9/h9-10,13H,3-8H2,1-2H3. The Kier molecular flexibility index (Phi) is 4.86. The van der Waals surface area contributed by atoms with Gasteiger partial charge in [0.15, 0.2) is 0 Å². The molecule has 0 radical (unpaired) electrons. The maximum atomic E-state index is 5.82. The molecule has 1 aliphatic heterocycles. The molecule has 4 nitrogen and oxygen atoms in total. The number of nitrogens with zero attached hydrogens (tertiary/aromatic N) is 2. The second-order valence-corrected chi connectivity index (χ2v) is 5.60. The molecule has 2 heterocycles. The van der Waals surface area contributed by atoms with Gasteiger partial charge in [-0.2, -0.15) is 11.8 Å². The monoisotopic (exact) mass is 255 g/mol. The summed E-state index contributed by atoms with van der Waals surface area (Å²) in [6.07, 6.45) is 3.28. The fourth-order valence-corrected chi connectivity index (χ4v) is 3.22. The van der Waals surface area contributed by atoms with Crippen LogP contribution in [0.5, 0.6) is 0 Å². The van der Waals surface area contributed by atoms with E-state index in [1.165, 1.54) is 12.2 Å². The first kappa shape index (κ1) is 12.9. The molecule has 0 saturated carbocycles. The largest absolute Gasteiger partial charge is 0.423 e. The maximum Gasteiger partial charge on any atom is 0.233 e. The Labute approximate surface area is 107 Å². The molecule has 5 heteroatoms. The molecule has 2 unspecified atom stereocenters. The van der Waals surface area contributed by atoms with Gasteiger partial charge >= 0.3 is 0 Å². The van der Waals surface area contributed by atoms with Gasteiger partial charge in [0, 0.05) is 11.7 Å². The number of nitrogens with one attached hydrogen (secondary N) is 1. The summed E-state index contributed by atoms with van der Waals surface area (Å²) in [7, 11) is 0. The highest BCUT2D eigenvalue weighted by Gasteiger charge is 2.24. The molecule has 2 rings (SSSR count). The highest BCUT2D eigenvalue weighted by Crippen LogP contribution is 2.32. The molecule has 96 valence electrons. The molecule has 17 heavy (non-hydrogen) atoms. The Hall–Kier alpha value is -0.550. The second kappa shape index (κ2) is 6.40. The third-order valence-corrected chi connectivity index (χ3v) is 4.24. The average Bonchev–Trinajstić information content (AvgIpc) is 3.00. The van der Waals surface area contributed by atoms with Crippen molar-refractivity contribution in [2.24, 2.45) is 0 Å². The SMILES string of the molecule is CCCNC(CC)c1nnc(C2CCSC2)o1. The van der Waals surface area contributed by atoms with Crippen LogP contribution in [0.15, 0.2) is 4.42 Å². The van der Waals surface area contributed by atoms with E-state index in [-0.39, 0.29) is 6.04 Å². The van der Waals surface area contributed by atoms with Gasteiger partial charge < -0.3 is 9.73 Å². The smallest absolute Gasteiger partial charge is 0.233 e. The van der Waals surface area contributed by atoms with Gasteiger partial charge in [-0.15, -0.1) is 10.2 Å². The van der Waals surface area contributed by atoms with E-state index in [4.69, 9.17) is 4.42 Å². The maximum absolute atomic E-state index is 5.82. The molecular weight excluding hydrogens is 234 g/mol. The van der Waals surface area contributed by atoms with Gasteiger partial charge in [-0.25, -0.2) is 0 Å². The van der Waals surface area contributed by atoms with Gasteiger partial charge in [0.25, 0.3) is 0 Å². The highest BCUT2D eigenvalue weighted by atomic mass is 32.2. The van der Waals surface area contributed by atoms with Crippen molar-refractivity contribution in [1.82, 2.24) is 15.5 Å². The normalized spacial score (nSPS) is 21.9. The van der Waals surface area contributed by atoms with Crippen LogP contribution < -0.4 is 5.32 Å². The van der Waals surface area contributed by atoms with E-state index in [1.54, 1.807) is 0 Å². The Balaban J connectivity index is 1.99. The average molecular weight is 255 g/mol. The third kappa shape index (κ3) is 3.22. The summed E-state index contributed by atoms with van der Waals surface area (Å²) < 4.78 is 5.82. The Morgan fingerprint density at radius 2 is 2.35 bits per heavy atom. The van der Waals surface area contributed by atoms with Crippen molar-refractivity contribution in [3.8, 4) is 0 Å². The molecule has 1 N–H and O–H groups in total. The summed E-state index contributed by atoms with van der Waals surface area (Å²) in [6.45, 7) is 5.30. The minimum atomic E-state index is 0.213. The van der Waals surface area contributed by atoms with E-state index >= 15 is 0 Å². The first-order chi connectivity index (χ1) is 8.35. The van der Waals surface area contributed by atoms with Crippen molar-refractivity contribution < 1.29 is 4.42 Å². The van der Waals surface area contributed by atoms with Gasteiger partial charge in [-0.1, -0.05) is 13.8 Å². The number of hydrogen-bond donors (Lipinski definition) is 1. The Bertz CT molecular complexity index is 336. The van der Waals surface area contributed by atoms with Crippen LogP contribution in [0.2, 0.25) is 0 Å². The first-order valence-corrected chi connectivity index (χ1v) is 7.65. The lowest BCUT2D eigenvalue weighted by molar-refractivity contribution is 0.362. The third-order valence-electron chi connectivity index (χ3n) is 3.08. The molecule has 0 spiro atoms. The fraction of sp³-hybridized carbons (Fsp3) is 0.833.